The summed E-state index contributed by atoms with van der Waals surface area (Å²) in [5.41, 5.74) is 0.342. The summed E-state index contributed by atoms with van der Waals surface area (Å²) in [5.74, 6) is 1.07. The SMILES string of the molecule is O=C(Cc1ccccc1F)Nc1ccc(N2CCN(c3ncccn3)CC2)nn1. The zero-order valence-electron chi connectivity index (χ0n) is 15.7. The maximum absolute atomic E-state index is 13.7. The Morgan fingerprint density at radius 1 is 0.931 bits per heavy atom. The van der Waals surface area contributed by atoms with E-state index < -0.39 is 5.82 Å². The second-order valence-corrected chi connectivity index (χ2v) is 6.62. The monoisotopic (exact) mass is 393 g/mol. The van der Waals surface area contributed by atoms with Crippen molar-refractivity contribution in [2.75, 3.05) is 41.3 Å². The van der Waals surface area contributed by atoms with Crippen LogP contribution in [-0.2, 0) is 11.2 Å². The maximum Gasteiger partial charge on any atom is 0.230 e. The Morgan fingerprint density at radius 2 is 1.66 bits per heavy atom. The van der Waals surface area contributed by atoms with Gasteiger partial charge in [0, 0.05) is 38.6 Å². The van der Waals surface area contributed by atoms with Crippen LogP contribution in [0.4, 0.5) is 22.0 Å². The van der Waals surface area contributed by atoms with Gasteiger partial charge in [0.15, 0.2) is 11.6 Å². The van der Waals surface area contributed by atoms with Crippen LogP contribution in [0.3, 0.4) is 0 Å². The number of nitrogens with one attached hydrogen (secondary N) is 1. The number of rotatable bonds is 5. The van der Waals surface area contributed by atoms with Crippen LogP contribution in [0.15, 0.2) is 54.9 Å². The third kappa shape index (κ3) is 4.63. The van der Waals surface area contributed by atoms with Crippen LogP contribution in [0.25, 0.3) is 0 Å². The number of hydrogen-bond acceptors (Lipinski definition) is 7. The minimum absolute atomic E-state index is 0.0559. The Hall–Kier alpha value is -3.62. The molecule has 3 aromatic rings. The Labute approximate surface area is 167 Å². The molecular formula is C20H20FN7O. The smallest absolute Gasteiger partial charge is 0.230 e. The molecule has 1 amide bonds. The first-order chi connectivity index (χ1) is 14.2. The fourth-order valence-corrected chi connectivity index (χ4v) is 3.15. The van der Waals surface area contributed by atoms with Gasteiger partial charge in [0.2, 0.25) is 11.9 Å². The molecule has 1 aliphatic heterocycles. The topological polar surface area (TPSA) is 87.1 Å². The summed E-state index contributed by atoms with van der Waals surface area (Å²) < 4.78 is 13.7. The van der Waals surface area contributed by atoms with Crippen molar-refractivity contribution < 1.29 is 9.18 Å². The molecule has 0 aliphatic carbocycles. The van der Waals surface area contributed by atoms with Crippen molar-refractivity contribution in [2.45, 2.75) is 6.42 Å². The summed E-state index contributed by atoms with van der Waals surface area (Å²) in [6, 6.07) is 11.5. The molecule has 148 valence electrons. The fourth-order valence-electron chi connectivity index (χ4n) is 3.15. The second kappa shape index (κ2) is 8.59. The molecule has 0 spiro atoms. The molecule has 4 rings (SSSR count). The first kappa shape index (κ1) is 18.7. The fraction of sp³-hybridized carbons (Fsp3) is 0.250. The predicted octanol–water partition coefficient (Wildman–Crippen LogP) is 1.91. The largest absolute Gasteiger partial charge is 0.352 e. The Kier molecular flexibility index (Phi) is 5.55. The number of anilines is 3. The predicted molar refractivity (Wildman–Crippen MR) is 107 cm³/mol. The molecule has 3 heterocycles. The molecule has 2 aromatic heterocycles. The molecule has 1 aromatic carbocycles. The lowest BCUT2D eigenvalue weighted by Crippen LogP contribution is -2.47. The molecule has 0 bridgehead atoms. The second-order valence-electron chi connectivity index (χ2n) is 6.62. The summed E-state index contributed by atoms with van der Waals surface area (Å²) in [4.78, 5) is 24.9. The number of halogens is 1. The molecule has 0 unspecified atom stereocenters. The van der Waals surface area contributed by atoms with Crippen molar-refractivity contribution in [1.29, 1.82) is 0 Å². The van der Waals surface area contributed by atoms with Crippen molar-refractivity contribution in [1.82, 2.24) is 20.2 Å². The van der Waals surface area contributed by atoms with Crippen molar-refractivity contribution >= 4 is 23.5 Å². The molecule has 0 atom stereocenters. The number of hydrogen-bond donors (Lipinski definition) is 1. The van der Waals surface area contributed by atoms with Gasteiger partial charge in [-0.3, -0.25) is 4.79 Å². The van der Waals surface area contributed by atoms with E-state index in [0.29, 0.717) is 11.4 Å². The van der Waals surface area contributed by atoms with Gasteiger partial charge >= 0.3 is 0 Å². The average molecular weight is 393 g/mol. The van der Waals surface area contributed by atoms with Gasteiger partial charge in [-0.2, -0.15) is 0 Å². The van der Waals surface area contributed by atoms with Gasteiger partial charge in [-0.25, -0.2) is 14.4 Å². The summed E-state index contributed by atoms with van der Waals surface area (Å²) in [6.45, 7) is 3.11. The van der Waals surface area contributed by atoms with E-state index >= 15 is 0 Å². The number of aromatic nitrogens is 4. The highest BCUT2D eigenvalue weighted by Crippen LogP contribution is 2.17. The molecule has 8 nitrogen and oxygen atoms in total. The molecule has 0 saturated carbocycles. The first-order valence-corrected chi connectivity index (χ1v) is 9.33. The molecule has 1 aliphatic rings. The number of piperazine rings is 1. The number of carbonyl (C=O) groups is 1. The van der Waals surface area contributed by atoms with Gasteiger partial charge in [0.05, 0.1) is 6.42 Å². The van der Waals surface area contributed by atoms with E-state index in [4.69, 9.17) is 0 Å². The quantitative estimate of drug-likeness (QED) is 0.709. The van der Waals surface area contributed by atoms with Crippen molar-refractivity contribution in [2.24, 2.45) is 0 Å². The first-order valence-electron chi connectivity index (χ1n) is 9.33. The van der Waals surface area contributed by atoms with E-state index in [-0.39, 0.29) is 12.3 Å². The summed E-state index contributed by atoms with van der Waals surface area (Å²) in [6.07, 6.45) is 3.42. The van der Waals surface area contributed by atoms with Gasteiger partial charge in [-0.15, -0.1) is 10.2 Å². The normalized spacial score (nSPS) is 14.0. The summed E-state index contributed by atoms with van der Waals surface area (Å²) in [7, 11) is 0. The molecule has 1 N–H and O–H groups in total. The zero-order chi connectivity index (χ0) is 20.1. The maximum atomic E-state index is 13.7. The highest BCUT2D eigenvalue weighted by Gasteiger charge is 2.20. The number of benzene rings is 1. The van der Waals surface area contributed by atoms with Crippen LogP contribution < -0.4 is 15.1 Å². The van der Waals surface area contributed by atoms with Crippen LogP contribution in [0.1, 0.15) is 5.56 Å². The molecular weight excluding hydrogens is 373 g/mol. The molecule has 0 radical (unpaired) electrons. The zero-order valence-corrected chi connectivity index (χ0v) is 15.7. The Balaban J connectivity index is 1.31. The number of amides is 1. The van der Waals surface area contributed by atoms with Crippen molar-refractivity contribution in [3.8, 4) is 0 Å². The van der Waals surface area contributed by atoms with Crippen LogP contribution in [-0.4, -0.2) is 52.3 Å². The van der Waals surface area contributed by atoms with E-state index in [9.17, 15) is 9.18 Å². The Morgan fingerprint density at radius 3 is 2.34 bits per heavy atom. The lowest BCUT2D eigenvalue weighted by Gasteiger charge is -2.35. The van der Waals surface area contributed by atoms with Crippen LogP contribution in [0.2, 0.25) is 0 Å². The highest BCUT2D eigenvalue weighted by molar-refractivity contribution is 5.91. The van der Waals surface area contributed by atoms with Gasteiger partial charge in [-0.05, 0) is 29.8 Å². The summed E-state index contributed by atoms with van der Waals surface area (Å²) in [5, 5.41) is 10.9. The van der Waals surface area contributed by atoms with Crippen LogP contribution >= 0.6 is 0 Å². The Bertz CT molecular complexity index is 960. The lowest BCUT2D eigenvalue weighted by molar-refractivity contribution is -0.115. The van der Waals surface area contributed by atoms with E-state index in [1.807, 2.05) is 6.07 Å². The minimum Gasteiger partial charge on any atom is -0.352 e. The third-order valence-corrected chi connectivity index (χ3v) is 4.67. The van der Waals surface area contributed by atoms with E-state index in [0.717, 1.165) is 37.9 Å². The van der Waals surface area contributed by atoms with Gasteiger partial charge in [-0.1, -0.05) is 18.2 Å². The van der Waals surface area contributed by atoms with Gasteiger partial charge in [0.1, 0.15) is 5.82 Å². The molecule has 9 heteroatoms. The highest BCUT2D eigenvalue weighted by atomic mass is 19.1. The molecule has 1 fully saturated rings. The molecule has 1 saturated heterocycles. The lowest BCUT2D eigenvalue weighted by atomic mass is 10.1. The van der Waals surface area contributed by atoms with Gasteiger partial charge < -0.3 is 15.1 Å². The van der Waals surface area contributed by atoms with Crippen LogP contribution in [0.5, 0.6) is 0 Å². The third-order valence-electron chi connectivity index (χ3n) is 4.67. The molecule has 29 heavy (non-hydrogen) atoms. The van der Waals surface area contributed by atoms with Gasteiger partial charge in [0.25, 0.3) is 0 Å². The standard InChI is InChI=1S/C20H20FN7O/c21-16-5-2-1-4-15(16)14-19(29)24-17-6-7-18(26-25-17)27-10-12-28(13-11-27)20-22-8-3-9-23-20/h1-9H,10-14H2,(H,24,25,29). The van der Waals surface area contributed by atoms with Crippen molar-refractivity contribution in [3.63, 3.8) is 0 Å². The van der Waals surface area contributed by atoms with Crippen molar-refractivity contribution in [3.05, 3.63) is 66.2 Å². The van der Waals surface area contributed by atoms with E-state index in [1.165, 1.54) is 6.07 Å². The van der Waals surface area contributed by atoms with E-state index in [1.54, 1.807) is 42.7 Å². The summed E-state index contributed by atoms with van der Waals surface area (Å²) >= 11 is 0. The average Bonchev–Trinajstić information content (AvgIpc) is 2.77. The number of carbonyl (C=O) groups excluding carboxylic acids is 1. The number of nitrogens with zero attached hydrogens (tertiary/aromatic N) is 6. The minimum atomic E-state index is -0.399. The van der Waals surface area contributed by atoms with Crippen LogP contribution in [0, 0.1) is 5.82 Å². The van der Waals surface area contributed by atoms with E-state index in [2.05, 4.69) is 35.3 Å².